The molecule has 1 aliphatic rings. The van der Waals surface area contributed by atoms with E-state index in [4.69, 9.17) is 4.42 Å². The molecule has 8 nitrogen and oxygen atoms in total. The minimum atomic E-state index is -4.01. The summed E-state index contributed by atoms with van der Waals surface area (Å²) in [6.07, 6.45) is 2.95. The second-order valence-corrected chi connectivity index (χ2v) is 8.61. The van der Waals surface area contributed by atoms with Crippen LogP contribution in [0.4, 0.5) is 5.82 Å². The van der Waals surface area contributed by atoms with Crippen LogP contribution in [0, 0.1) is 0 Å². The molecule has 1 amide bonds. The number of fused-ring (bicyclic) bond motifs is 1. The van der Waals surface area contributed by atoms with Gasteiger partial charge in [0.15, 0.2) is 11.5 Å². The van der Waals surface area contributed by atoms with Gasteiger partial charge in [0.1, 0.15) is 16.5 Å². The Bertz CT molecular complexity index is 1150. The lowest BCUT2D eigenvalue weighted by Crippen LogP contribution is -2.36. The number of hydrogen-bond donors (Lipinski definition) is 2. The molecule has 0 spiro atoms. The van der Waals surface area contributed by atoms with Crippen molar-refractivity contribution in [2.24, 2.45) is 0 Å². The average Bonchev–Trinajstić information content (AvgIpc) is 3.31. The summed E-state index contributed by atoms with van der Waals surface area (Å²) >= 11 is 1.03. The van der Waals surface area contributed by atoms with Crippen LogP contribution in [0.15, 0.2) is 63.9 Å². The van der Waals surface area contributed by atoms with Gasteiger partial charge in [0.2, 0.25) is 0 Å². The normalized spacial score (nSPS) is 15.5. The molecule has 2 N–H and O–H groups in total. The van der Waals surface area contributed by atoms with E-state index in [9.17, 15) is 18.3 Å². The molecule has 4 heterocycles. The number of aliphatic hydroxyl groups excluding tert-OH is 1. The van der Waals surface area contributed by atoms with Crippen LogP contribution >= 0.6 is 11.3 Å². The van der Waals surface area contributed by atoms with Crippen LogP contribution in [0.2, 0.25) is 0 Å². The van der Waals surface area contributed by atoms with Crippen LogP contribution in [0.3, 0.4) is 0 Å². The number of nitrogens with one attached hydrogen (secondary N) is 1. The monoisotopic (exact) mass is 403 g/mol. The lowest BCUT2D eigenvalue weighted by atomic mass is 10.2. The highest BCUT2D eigenvalue weighted by Crippen LogP contribution is 2.43. The maximum Gasteiger partial charge on any atom is 0.278 e. The highest BCUT2D eigenvalue weighted by atomic mass is 32.2. The molecule has 0 fully saturated rings. The van der Waals surface area contributed by atoms with Crippen LogP contribution < -0.4 is 5.32 Å². The van der Waals surface area contributed by atoms with Gasteiger partial charge >= 0.3 is 0 Å². The van der Waals surface area contributed by atoms with Crippen molar-refractivity contribution in [1.29, 1.82) is 0 Å². The molecule has 0 saturated carbocycles. The number of carbonyl (C=O) groups is 1. The molecule has 0 radical (unpaired) electrons. The minimum Gasteiger partial charge on any atom is -0.504 e. The third-order valence-electron chi connectivity index (χ3n) is 3.98. The molecule has 0 bridgehead atoms. The third-order valence-corrected chi connectivity index (χ3v) is 7.04. The van der Waals surface area contributed by atoms with Crippen molar-refractivity contribution in [3.63, 3.8) is 0 Å². The lowest BCUT2D eigenvalue weighted by molar-refractivity contribution is -0.113. The minimum absolute atomic E-state index is 0.0757. The number of carbonyl (C=O) groups excluding carboxylic acids is 1. The predicted molar refractivity (Wildman–Crippen MR) is 99.4 cm³/mol. The number of likely N-dealkylation sites (N-methyl/N-ethyl adjacent to an activating group) is 1. The molecular weight excluding hydrogens is 390 g/mol. The van der Waals surface area contributed by atoms with E-state index in [0.29, 0.717) is 10.6 Å². The van der Waals surface area contributed by atoms with Crippen LogP contribution in [0.5, 0.6) is 0 Å². The van der Waals surface area contributed by atoms with Crippen molar-refractivity contribution in [3.8, 4) is 10.6 Å². The first-order valence-electron chi connectivity index (χ1n) is 7.72. The quantitative estimate of drug-likeness (QED) is 0.695. The number of aliphatic hydroxyl groups is 1. The van der Waals surface area contributed by atoms with Gasteiger partial charge in [0.05, 0.1) is 16.0 Å². The van der Waals surface area contributed by atoms with Gasteiger partial charge in [-0.25, -0.2) is 13.4 Å². The van der Waals surface area contributed by atoms with E-state index in [0.717, 1.165) is 15.6 Å². The summed E-state index contributed by atoms with van der Waals surface area (Å²) in [5, 5.41) is 13.1. The molecule has 0 aliphatic carbocycles. The Morgan fingerprint density at radius 1 is 1.30 bits per heavy atom. The van der Waals surface area contributed by atoms with Crippen LogP contribution in [-0.4, -0.2) is 35.8 Å². The largest absolute Gasteiger partial charge is 0.504 e. The molecule has 138 valence electrons. The van der Waals surface area contributed by atoms with E-state index >= 15 is 0 Å². The number of sulfonamides is 1. The number of rotatable bonds is 3. The van der Waals surface area contributed by atoms with Gasteiger partial charge < -0.3 is 14.8 Å². The number of nitrogens with zero attached hydrogens (tertiary/aromatic N) is 2. The summed E-state index contributed by atoms with van der Waals surface area (Å²) < 4.78 is 31.8. The second kappa shape index (κ2) is 6.25. The third kappa shape index (κ3) is 2.78. The smallest absolute Gasteiger partial charge is 0.278 e. The molecular formula is C17H13N3O5S2. The van der Waals surface area contributed by atoms with Crippen molar-refractivity contribution < 1.29 is 22.7 Å². The van der Waals surface area contributed by atoms with E-state index in [1.165, 1.54) is 25.6 Å². The van der Waals surface area contributed by atoms with Crippen molar-refractivity contribution in [1.82, 2.24) is 9.29 Å². The van der Waals surface area contributed by atoms with Crippen LogP contribution in [0.1, 0.15) is 4.88 Å². The molecule has 10 heteroatoms. The highest BCUT2D eigenvalue weighted by Gasteiger charge is 2.40. The zero-order chi connectivity index (χ0) is 19.2. The molecule has 27 heavy (non-hydrogen) atoms. The molecule has 0 unspecified atom stereocenters. The standard InChI is InChI=1S/C17H13N3O5S2/c1-20-14(17(22)19-13-6-2-3-7-18-13)15(21)16-12(27(20,23)24)9-11(26-16)10-5-4-8-25-10/h2-9,21H,1H3,(H,18,19,22). The molecule has 3 aromatic rings. The van der Waals surface area contributed by atoms with Crippen LogP contribution in [0.25, 0.3) is 16.4 Å². The van der Waals surface area contributed by atoms with Gasteiger partial charge in [-0.2, -0.15) is 0 Å². The first-order valence-corrected chi connectivity index (χ1v) is 9.98. The Balaban J connectivity index is 1.81. The number of furan rings is 1. The summed E-state index contributed by atoms with van der Waals surface area (Å²) in [7, 11) is -2.79. The SMILES string of the molecule is CN1C(C(=O)Nc2ccccn2)=C(O)c2sc(-c3ccco3)cc2S1(=O)=O. The van der Waals surface area contributed by atoms with E-state index in [2.05, 4.69) is 10.3 Å². The van der Waals surface area contributed by atoms with Gasteiger partial charge in [-0.15, -0.1) is 11.3 Å². The van der Waals surface area contributed by atoms with Gasteiger partial charge in [-0.05, 0) is 30.3 Å². The summed E-state index contributed by atoms with van der Waals surface area (Å²) in [5.41, 5.74) is -0.374. The fourth-order valence-corrected chi connectivity index (χ4v) is 5.44. The zero-order valence-electron chi connectivity index (χ0n) is 13.9. The van der Waals surface area contributed by atoms with E-state index < -0.39 is 21.7 Å². The summed E-state index contributed by atoms with van der Waals surface area (Å²) in [5.74, 6) is -0.490. The fraction of sp³-hybridized carbons (Fsp3) is 0.0588. The second-order valence-electron chi connectivity index (χ2n) is 5.62. The van der Waals surface area contributed by atoms with Crippen molar-refractivity contribution in [3.05, 3.63) is 59.4 Å². The molecule has 0 atom stereocenters. The molecule has 4 rings (SSSR count). The summed E-state index contributed by atoms with van der Waals surface area (Å²) in [4.78, 5) is 17.1. The number of aromatic nitrogens is 1. The van der Waals surface area contributed by atoms with Crippen LogP contribution in [-0.2, 0) is 14.8 Å². The average molecular weight is 403 g/mol. The first-order chi connectivity index (χ1) is 12.9. The lowest BCUT2D eigenvalue weighted by Gasteiger charge is -2.26. The predicted octanol–water partition coefficient (Wildman–Crippen LogP) is 2.90. The topological polar surface area (TPSA) is 113 Å². The van der Waals surface area contributed by atoms with Gasteiger partial charge in [-0.1, -0.05) is 6.07 Å². The maximum absolute atomic E-state index is 12.9. The van der Waals surface area contributed by atoms with Crippen molar-refractivity contribution >= 4 is 38.8 Å². The Kier molecular flexibility index (Phi) is 4.01. The number of amides is 1. The number of thiophene rings is 1. The van der Waals surface area contributed by atoms with Gasteiger partial charge in [0.25, 0.3) is 15.9 Å². The molecule has 0 aromatic carbocycles. The van der Waals surface area contributed by atoms with Crippen molar-refractivity contribution in [2.45, 2.75) is 4.90 Å². The Hall–Kier alpha value is -3.11. The number of anilines is 1. The fourth-order valence-electron chi connectivity index (χ4n) is 2.66. The summed E-state index contributed by atoms with van der Waals surface area (Å²) in [6.45, 7) is 0. The Morgan fingerprint density at radius 3 is 2.78 bits per heavy atom. The Labute approximate surface area is 158 Å². The molecule has 0 saturated heterocycles. The highest BCUT2D eigenvalue weighted by molar-refractivity contribution is 7.89. The van der Waals surface area contributed by atoms with E-state index in [1.54, 1.807) is 30.3 Å². The number of pyridine rings is 1. The summed E-state index contributed by atoms with van der Waals surface area (Å²) in [6, 6.07) is 9.69. The number of hydrogen-bond acceptors (Lipinski definition) is 7. The van der Waals surface area contributed by atoms with Crippen molar-refractivity contribution in [2.75, 3.05) is 12.4 Å². The maximum atomic E-state index is 12.9. The van der Waals surface area contributed by atoms with E-state index in [1.807, 2.05) is 0 Å². The van der Waals surface area contributed by atoms with E-state index in [-0.39, 0.29) is 21.3 Å². The van der Waals surface area contributed by atoms with Gasteiger partial charge in [0, 0.05) is 13.2 Å². The first kappa shape index (κ1) is 17.3. The molecule has 3 aromatic heterocycles. The van der Waals surface area contributed by atoms with Gasteiger partial charge in [-0.3, -0.25) is 9.10 Å². The molecule has 1 aliphatic heterocycles. The Morgan fingerprint density at radius 2 is 2.11 bits per heavy atom. The zero-order valence-corrected chi connectivity index (χ0v) is 15.5.